The lowest BCUT2D eigenvalue weighted by atomic mass is 10.1. The second-order valence-corrected chi connectivity index (χ2v) is 8.53. The van der Waals surface area contributed by atoms with E-state index in [0.717, 1.165) is 42.9 Å². The van der Waals surface area contributed by atoms with Crippen LogP contribution in [-0.4, -0.2) is 39.2 Å². The summed E-state index contributed by atoms with van der Waals surface area (Å²) in [4.78, 5) is 12.6. The first-order valence-corrected chi connectivity index (χ1v) is 10.2. The maximum Gasteiger partial charge on any atom is 0.277 e. The molecule has 2 heterocycles. The predicted molar refractivity (Wildman–Crippen MR) is 114 cm³/mol. The highest BCUT2D eigenvalue weighted by molar-refractivity contribution is 7.99. The SMILES string of the molecule is Cc1c(CSC(C)C)cccc1NC(=O)c1cn(C2CCNCC2)nn1.Cl. The van der Waals surface area contributed by atoms with E-state index >= 15 is 0 Å². The van der Waals surface area contributed by atoms with Gasteiger partial charge in [0.1, 0.15) is 0 Å². The summed E-state index contributed by atoms with van der Waals surface area (Å²) in [6.45, 7) is 8.39. The number of aromatic nitrogens is 3. The second kappa shape index (κ2) is 10.1. The van der Waals surface area contributed by atoms with Gasteiger partial charge in [0.15, 0.2) is 5.69 Å². The summed E-state index contributed by atoms with van der Waals surface area (Å²) in [5.41, 5.74) is 3.57. The Labute approximate surface area is 171 Å². The molecule has 0 bridgehead atoms. The van der Waals surface area contributed by atoms with Gasteiger partial charge in [-0.25, -0.2) is 4.68 Å². The van der Waals surface area contributed by atoms with E-state index in [2.05, 4.69) is 47.8 Å². The molecule has 0 unspecified atom stereocenters. The molecule has 1 aliphatic rings. The highest BCUT2D eigenvalue weighted by Gasteiger charge is 2.19. The predicted octanol–water partition coefficient (Wildman–Crippen LogP) is 3.83. The molecule has 0 saturated carbocycles. The number of rotatable bonds is 6. The van der Waals surface area contributed by atoms with E-state index in [1.807, 2.05) is 28.6 Å². The van der Waals surface area contributed by atoms with Gasteiger partial charge in [-0.15, -0.1) is 17.5 Å². The van der Waals surface area contributed by atoms with Crippen molar-refractivity contribution in [1.82, 2.24) is 20.3 Å². The molecule has 1 aliphatic heterocycles. The van der Waals surface area contributed by atoms with Gasteiger partial charge >= 0.3 is 0 Å². The van der Waals surface area contributed by atoms with Crippen LogP contribution >= 0.6 is 24.2 Å². The van der Waals surface area contributed by atoms with Gasteiger partial charge in [-0.1, -0.05) is 31.2 Å². The summed E-state index contributed by atoms with van der Waals surface area (Å²) < 4.78 is 1.83. The van der Waals surface area contributed by atoms with Crippen molar-refractivity contribution in [1.29, 1.82) is 0 Å². The number of halogens is 1. The number of piperidine rings is 1. The highest BCUT2D eigenvalue weighted by atomic mass is 35.5. The number of nitrogens with zero attached hydrogens (tertiary/aromatic N) is 3. The Bertz CT molecular complexity index is 758. The number of nitrogens with one attached hydrogen (secondary N) is 2. The number of benzene rings is 1. The zero-order chi connectivity index (χ0) is 18.5. The highest BCUT2D eigenvalue weighted by Crippen LogP contribution is 2.25. The van der Waals surface area contributed by atoms with Crippen LogP contribution < -0.4 is 10.6 Å². The molecule has 8 heteroatoms. The number of amides is 1. The van der Waals surface area contributed by atoms with Gasteiger partial charge in [-0.3, -0.25) is 4.79 Å². The largest absolute Gasteiger partial charge is 0.320 e. The molecule has 1 fully saturated rings. The van der Waals surface area contributed by atoms with E-state index in [9.17, 15) is 4.79 Å². The van der Waals surface area contributed by atoms with E-state index in [4.69, 9.17) is 0 Å². The fourth-order valence-corrected chi connectivity index (χ4v) is 3.87. The summed E-state index contributed by atoms with van der Waals surface area (Å²) in [7, 11) is 0. The molecule has 1 saturated heterocycles. The van der Waals surface area contributed by atoms with Crippen molar-refractivity contribution in [2.24, 2.45) is 0 Å². The lowest BCUT2D eigenvalue weighted by Gasteiger charge is -2.22. The van der Waals surface area contributed by atoms with Crippen LogP contribution in [0.5, 0.6) is 0 Å². The molecular formula is C19H28ClN5OS. The normalized spacial score (nSPS) is 14.8. The van der Waals surface area contributed by atoms with Gasteiger partial charge in [-0.2, -0.15) is 11.8 Å². The van der Waals surface area contributed by atoms with Crippen molar-refractivity contribution in [3.8, 4) is 0 Å². The molecule has 1 aromatic heterocycles. The lowest BCUT2D eigenvalue weighted by Crippen LogP contribution is -2.29. The molecule has 0 radical (unpaired) electrons. The molecule has 148 valence electrons. The molecular weight excluding hydrogens is 382 g/mol. The van der Waals surface area contributed by atoms with Crippen molar-refractivity contribution in [3.05, 3.63) is 41.2 Å². The standard InChI is InChI=1S/C19H27N5OS.ClH/c1-13(2)26-12-15-5-4-6-17(14(15)3)21-19(25)18-11-24(23-22-18)16-7-9-20-10-8-16;/h4-6,11,13,16,20H,7-10,12H2,1-3H3,(H,21,25);1H. The van der Waals surface area contributed by atoms with Crippen molar-refractivity contribution in [2.45, 2.75) is 50.7 Å². The first kappa shape index (κ1) is 21.7. The van der Waals surface area contributed by atoms with Gasteiger partial charge in [0.2, 0.25) is 0 Å². The Morgan fingerprint density at radius 2 is 2.11 bits per heavy atom. The van der Waals surface area contributed by atoms with Gasteiger partial charge in [0.05, 0.1) is 12.2 Å². The fourth-order valence-electron chi connectivity index (χ4n) is 3.05. The Balaban J connectivity index is 0.00000261. The minimum Gasteiger partial charge on any atom is -0.320 e. The van der Waals surface area contributed by atoms with E-state index in [1.54, 1.807) is 6.20 Å². The van der Waals surface area contributed by atoms with E-state index < -0.39 is 0 Å². The first-order chi connectivity index (χ1) is 12.5. The van der Waals surface area contributed by atoms with Crippen molar-refractivity contribution in [2.75, 3.05) is 18.4 Å². The van der Waals surface area contributed by atoms with Crippen LogP contribution in [0.4, 0.5) is 5.69 Å². The van der Waals surface area contributed by atoms with Crippen molar-refractivity contribution in [3.63, 3.8) is 0 Å². The second-order valence-electron chi connectivity index (χ2n) is 6.97. The number of carbonyl (C=O) groups is 1. The van der Waals surface area contributed by atoms with E-state index in [-0.39, 0.29) is 18.3 Å². The summed E-state index contributed by atoms with van der Waals surface area (Å²) >= 11 is 1.90. The maximum absolute atomic E-state index is 12.6. The summed E-state index contributed by atoms with van der Waals surface area (Å²) in [5.74, 6) is 0.737. The molecule has 6 nitrogen and oxygen atoms in total. The number of carbonyl (C=O) groups excluding carboxylic acids is 1. The van der Waals surface area contributed by atoms with Gasteiger partial charge < -0.3 is 10.6 Å². The van der Waals surface area contributed by atoms with Crippen LogP contribution in [0.1, 0.15) is 54.3 Å². The molecule has 0 atom stereocenters. The minimum absolute atomic E-state index is 0. The van der Waals surface area contributed by atoms with Crippen molar-refractivity contribution >= 4 is 35.8 Å². The van der Waals surface area contributed by atoms with Crippen LogP contribution in [0, 0.1) is 6.92 Å². The summed E-state index contributed by atoms with van der Waals surface area (Å²) in [6, 6.07) is 6.37. The van der Waals surface area contributed by atoms with Gasteiger partial charge in [0, 0.05) is 11.4 Å². The van der Waals surface area contributed by atoms with Crippen LogP contribution in [0.25, 0.3) is 0 Å². The van der Waals surface area contributed by atoms with E-state index in [1.165, 1.54) is 5.56 Å². The topological polar surface area (TPSA) is 71.8 Å². The van der Waals surface area contributed by atoms with E-state index in [0.29, 0.717) is 17.0 Å². The molecule has 2 N–H and O–H groups in total. The molecule has 1 amide bonds. The Kier molecular flexibility index (Phi) is 8.13. The van der Waals surface area contributed by atoms with Crippen LogP contribution in [-0.2, 0) is 5.75 Å². The monoisotopic (exact) mass is 409 g/mol. The zero-order valence-corrected chi connectivity index (χ0v) is 17.7. The van der Waals surface area contributed by atoms with Crippen molar-refractivity contribution < 1.29 is 4.79 Å². The number of hydrogen-bond donors (Lipinski definition) is 2. The van der Waals surface area contributed by atoms with Crippen LogP contribution in [0.15, 0.2) is 24.4 Å². The number of hydrogen-bond acceptors (Lipinski definition) is 5. The lowest BCUT2D eigenvalue weighted by molar-refractivity contribution is 0.102. The molecule has 0 spiro atoms. The molecule has 1 aromatic carbocycles. The average Bonchev–Trinajstić information content (AvgIpc) is 3.13. The summed E-state index contributed by atoms with van der Waals surface area (Å²) in [6.07, 6.45) is 3.79. The zero-order valence-electron chi connectivity index (χ0n) is 16.1. The smallest absolute Gasteiger partial charge is 0.277 e. The maximum atomic E-state index is 12.6. The number of thioether (sulfide) groups is 1. The Morgan fingerprint density at radius 3 is 2.81 bits per heavy atom. The quantitative estimate of drug-likeness (QED) is 0.758. The molecule has 27 heavy (non-hydrogen) atoms. The molecule has 3 rings (SSSR count). The summed E-state index contributed by atoms with van der Waals surface area (Å²) in [5, 5.41) is 15.2. The van der Waals surface area contributed by atoms with Gasteiger partial charge in [-0.05, 0) is 55.3 Å². The minimum atomic E-state index is -0.207. The first-order valence-electron chi connectivity index (χ1n) is 9.18. The average molecular weight is 410 g/mol. The Morgan fingerprint density at radius 1 is 1.37 bits per heavy atom. The number of anilines is 1. The third-order valence-corrected chi connectivity index (χ3v) is 5.84. The third-order valence-electron chi connectivity index (χ3n) is 4.69. The van der Waals surface area contributed by atoms with Crippen LogP contribution in [0.3, 0.4) is 0 Å². The third kappa shape index (κ3) is 5.70. The molecule has 0 aliphatic carbocycles. The van der Waals surface area contributed by atoms with Crippen LogP contribution in [0.2, 0.25) is 0 Å². The fraction of sp³-hybridized carbons (Fsp3) is 0.526. The van der Waals surface area contributed by atoms with Gasteiger partial charge in [0.25, 0.3) is 5.91 Å². The Hall–Kier alpha value is -1.57. The molecule has 2 aromatic rings.